The Balaban J connectivity index is 1.84. The lowest BCUT2D eigenvalue weighted by atomic mass is 10.2. The zero-order valence-electron chi connectivity index (χ0n) is 12.2. The molecule has 120 valence electrons. The Morgan fingerprint density at radius 2 is 1.88 bits per heavy atom. The zero-order chi connectivity index (χ0) is 17.1. The van der Waals surface area contributed by atoms with Gasteiger partial charge in [-0.05, 0) is 18.2 Å². The highest BCUT2D eigenvalue weighted by atomic mass is 79.9. The van der Waals surface area contributed by atoms with Crippen LogP contribution in [0.3, 0.4) is 0 Å². The van der Waals surface area contributed by atoms with Crippen LogP contribution in [0.2, 0.25) is 0 Å². The maximum atomic E-state index is 12.2. The number of carbonyl (C=O) groups is 2. The second-order valence-electron chi connectivity index (χ2n) is 4.84. The van der Waals surface area contributed by atoms with Crippen LogP contribution in [-0.4, -0.2) is 22.0 Å². The number of aromatic carboxylic acids is 1. The summed E-state index contributed by atoms with van der Waals surface area (Å²) >= 11 is 3.20. The number of hydrogen-bond acceptors (Lipinski definition) is 4. The third-order valence-corrected chi connectivity index (χ3v) is 3.71. The molecule has 24 heavy (non-hydrogen) atoms. The SMILES string of the molecule is O=C(Nc1ccc(Br)cc1C(=O)O)c1ncc(-c2ccccc2)o1. The molecule has 0 unspecified atom stereocenters. The van der Waals surface area contributed by atoms with Crippen LogP contribution >= 0.6 is 15.9 Å². The molecule has 0 bridgehead atoms. The first-order valence-corrected chi connectivity index (χ1v) is 7.69. The molecule has 0 saturated heterocycles. The van der Waals surface area contributed by atoms with Gasteiger partial charge in [-0.3, -0.25) is 4.79 Å². The highest BCUT2D eigenvalue weighted by molar-refractivity contribution is 9.10. The minimum atomic E-state index is -1.15. The summed E-state index contributed by atoms with van der Waals surface area (Å²) in [5, 5.41) is 11.7. The molecule has 1 aromatic heterocycles. The van der Waals surface area contributed by atoms with Gasteiger partial charge in [0.05, 0.1) is 17.4 Å². The van der Waals surface area contributed by atoms with Crippen molar-refractivity contribution in [2.24, 2.45) is 0 Å². The van der Waals surface area contributed by atoms with E-state index in [-0.39, 0.29) is 17.1 Å². The molecule has 0 radical (unpaired) electrons. The molecular weight excluding hydrogens is 376 g/mol. The lowest BCUT2D eigenvalue weighted by Crippen LogP contribution is -2.15. The van der Waals surface area contributed by atoms with Crippen LogP contribution in [0.5, 0.6) is 0 Å². The van der Waals surface area contributed by atoms with E-state index in [4.69, 9.17) is 4.42 Å². The van der Waals surface area contributed by atoms with Crippen molar-refractivity contribution in [1.82, 2.24) is 4.98 Å². The van der Waals surface area contributed by atoms with E-state index in [1.165, 1.54) is 18.3 Å². The fourth-order valence-electron chi connectivity index (χ4n) is 2.09. The number of nitrogens with zero attached hydrogens (tertiary/aromatic N) is 1. The molecule has 0 atom stereocenters. The van der Waals surface area contributed by atoms with Crippen molar-refractivity contribution in [3.63, 3.8) is 0 Å². The number of carbonyl (C=O) groups excluding carboxylic acids is 1. The number of carboxylic acid groups (broad SMARTS) is 1. The van der Waals surface area contributed by atoms with E-state index in [9.17, 15) is 14.7 Å². The largest absolute Gasteiger partial charge is 0.478 e. The van der Waals surface area contributed by atoms with E-state index >= 15 is 0 Å². The standard InChI is InChI=1S/C17H11BrN2O4/c18-11-6-7-13(12(8-11)17(22)23)20-15(21)16-19-9-14(24-16)10-4-2-1-3-5-10/h1-9H,(H,20,21)(H,22,23). The number of benzene rings is 2. The predicted octanol–water partition coefficient (Wildman–Crippen LogP) is 4.05. The molecule has 3 rings (SSSR count). The lowest BCUT2D eigenvalue weighted by Gasteiger charge is -2.07. The van der Waals surface area contributed by atoms with E-state index in [1.54, 1.807) is 6.07 Å². The smallest absolute Gasteiger partial charge is 0.337 e. The summed E-state index contributed by atoms with van der Waals surface area (Å²) in [7, 11) is 0. The molecule has 6 nitrogen and oxygen atoms in total. The van der Waals surface area contributed by atoms with Crippen LogP contribution in [0.1, 0.15) is 21.0 Å². The number of rotatable bonds is 4. The van der Waals surface area contributed by atoms with Crippen LogP contribution in [0, 0.1) is 0 Å². The van der Waals surface area contributed by atoms with Gasteiger partial charge in [-0.2, -0.15) is 0 Å². The summed E-state index contributed by atoms with van der Waals surface area (Å²) in [6.45, 7) is 0. The normalized spacial score (nSPS) is 10.4. The Morgan fingerprint density at radius 1 is 1.12 bits per heavy atom. The third kappa shape index (κ3) is 3.36. The fraction of sp³-hybridized carbons (Fsp3) is 0. The molecule has 0 aliphatic carbocycles. The van der Waals surface area contributed by atoms with E-state index in [1.807, 2.05) is 30.3 Å². The number of nitrogens with one attached hydrogen (secondary N) is 1. The molecule has 0 aliphatic rings. The monoisotopic (exact) mass is 386 g/mol. The Labute approximate surface area is 145 Å². The molecule has 0 spiro atoms. The summed E-state index contributed by atoms with van der Waals surface area (Å²) in [5.41, 5.74) is 0.918. The number of anilines is 1. The van der Waals surface area contributed by atoms with Gasteiger partial charge in [0, 0.05) is 10.0 Å². The number of aromatic nitrogens is 1. The second-order valence-corrected chi connectivity index (χ2v) is 5.76. The summed E-state index contributed by atoms with van der Waals surface area (Å²) in [6, 6.07) is 13.8. The van der Waals surface area contributed by atoms with Gasteiger partial charge in [-0.25, -0.2) is 9.78 Å². The summed E-state index contributed by atoms with van der Waals surface area (Å²) in [4.78, 5) is 27.5. The Hall–Kier alpha value is -2.93. The zero-order valence-corrected chi connectivity index (χ0v) is 13.8. The molecule has 2 N–H and O–H groups in total. The van der Waals surface area contributed by atoms with Gasteiger partial charge in [0.2, 0.25) is 0 Å². The Morgan fingerprint density at radius 3 is 2.58 bits per heavy atom. The van der Waals surface area contributed by atoms with E-state index in [0.29, 0.717) is 10.2 Å². The van der Waals surface area contributed by atoms with Crippen molar-refractivity contribution < 1.29 is 19.1 Å². The Kier molecular flexibility index (Phi) is 4.43. The van der Waals surface area contributed by atoms with E-state index in [0.717, 1.165) is 5.56 Å². The highest BCUT2D eigenvalue weighted by Crippen LogP contribution is 2.23. The first kappa shape index (κ1) is 15.9. The molecule has 1 amide bonds. The minimum Gasteiger partial charge on any atom is -0.478 e. The van der Waals surface area contributed by atoms with Crippen LogP contribution in [0.4, 0.5) is 5.69 Å². The first-order chi connectivity index (χ1) is 11.5. The predicted molar refractivity (Wildman–Crippen MR) is 91.0 cm³/mol. The summed E-state index contributed by atoms with van der Waals surface area (Å²) in [5.74, 6) is -1.46. The molecular formula is C17H11BrN2O4. The maximum Gasteiger partial charge on any atom is 0.337 e. The average Bonchev–Trinajstić information content (AvgIpc) is 3.07. The van der Waals surface area contributed by atoms with Crippen molar-refractivity contribution in [2.75, 3.05) is 5.32 Å². The van der Waals surface area contributed by atoms with Gasteiger partial charge in [-0.15, -0.1) is 0 Å². The number of hydrogen-bond donors (Lipinski definition) is 2. The van der Waals surface area contributed by atoms with E-state index < -0.39 is 11.9 Å². The van der Waals surface area contributed by atoms with Crippen molar-refractivity contribution in [2.45, 2.75) is 0 Å². The van der Waals surface area contributed by atoms with Crippen molar-refractivity contribution >= 4 is 33.5 Å². The van der Waals surface area contributed by atoms with Crippen molar-refractivity contribution in [3.8, 4) is 11.3 Å². The molecule has 2 aromatic carbocycles. The Bertz CT molecular complexity index is 906. The van der Waals surface area contributed by atoms with Crippen LogP contribution < -0.4 is 5.32 Å². The molecule has 0 fully saturated rings. The number of oxazole rings is 1. The quantitative estimate of drug-likeness (QED) is 0.705. The van der Waals surface area contributed by atoms with E-state index in [2.05, 4.69) is 26.2 Å². The number of amides is 1. The summed E-state index contributed by atoms with van der Waals surface area (Å²) in [6.07, 6.45) is 1.45. The average molecular weight is 387 g/mol. The first-order valence-electron chi connectivity index (χ1n) is 6.90. The topological polar surface area (TPSA) is 92.4 Å². The van der Waals surface area contributed by atoms with Crippen LogP contribution in [-0.2, 0) is 0 Å². The lowest BCUT2D eigenvalue weighted by molar-refractivity contribution is 0.0698. The highest BCUT2D eigenvalue weighted by Gasteiger charge is 2.18. The van der Waals surface area contributed by atoms with Gasteiger partial charge in [0.1, 0.15) is 0 Å². The molecule has 7 heteroatoms. The third-order valence-electron chi connectivity index (χ3n) is 3.22. The van der Waals surface area contributed by atoms with Gasteiger partial charge in [-0.1, -0.05) is 46.3 Å². The molecule has 3 aromatic rings. The maximum absolute atomic E-state index is 12.2. The fourth-order valence-corrected chi connectivity index (χ4v) is 2.45. The van der Waals surface area contributed by atoms with Crippen LogP contribution in [0.15, 0.2) is 63.6 Å². The number of carboxylic acids is 1. The molecule has 1 heterocycles. The summed E-state index contributed by atoms with van der Waals surface area (Å²) < 4.78 is 6.05. The van der Waals surface area contributed by atoms with Gasteiger partial charge in [0.15, 0.2) is 5.76 Å². The van der Waals surface area contributed by atoms with Crippen LogP contribution in [0.25, 0.3) is 11.3 Å². The molecule has 0 aliphatic heterocycles. The van der Waals surface area contributed by atoms with Crippen molar-refractivity contribution in [1.29, 1.82) is 0 Å². The second kappa shape index (κ2) is 6.67. The number of halogens is 1. The minimum absolute atomic E-state index is 0.0347. The van der Waals surface area contributed by atoms with Gasteiger partial charge >= 0.3 is 11.9 Å². The molecule has 0 saturated carbocycles. The van der Waals surface area contributed by atoms with Gasteiger partial charge < -0.3 is 14.8 Å². The van der Waals surface area contributed by atoms with Crippen molar-refractivity contribution in [3.05, 3.63) is 70.7 Å². The van der Waals surface area contributed by atoms with Gasteiger partial charge in [0.25, 0.3) is 5.89 Å².